The smallest absolute Gasteiger partial charge is 0.387 e. The van der Waals surface area contributed by atoms with Gasteiger partial charge in [-0.2, -0.15) is 8.78 Å². The van der Waals surface area contributed by atoms with Gasteiger partial charge in [0.15, 0.2) is 11.5 Å². The Morgan fingerprint density at radius 1 is 1.42 bits per heavy atom. The van der Waals surface area contributed by atoms with Crippen LogP contribution >= 0.6 is 12.4 Å². The number of halogens is 3. The second-order valence-electron chi connectivity index (χ2n) is 5.77. The van der Waals surface area contributed by atoms with Crippen molar-refractivity contribution < 1.29 is 27.8 Å². The minimum absolute atomic E-state index is 0. The molecule has 6 nitrogen and oxygen atoms in total. The molecule has 1 amide bonds. The fourth-order valence-electron chi connectivity index (χ4n) is 2.59. The van der Waals surface area contributed by atoms with Gasteiger partial charge in [-0.25, -0.2) is 0 Å². The molecule has 2 rings (SSSR count). The highest BCUT2D eigenvalue weighted by Gasteiger charge is 2.20. The molecule has 148 valence electrons. The molecule has 1 unspecified atom stereocenters. The Bertz CT molecular complexity index is 572. The fraction of sp³-hybridized carbons (Fsp3) is 0.588. The Morgan fingerprint density at radius 3 is 2.81 bits per heavy atom. The van der Waals surface area contributed by atoms with Crippen LogP contribution in [0.15, 0.2) is 18.2 Å². The van der Waals surface area contributed by atoms with E-state index >= 15 is 0 Å². The van der Waals surface area contributed by atoms with E-state index in [0.717, 1.165) is 12.1 Å². The normalized spacial score (nSPS) is 16.7. The topological polar surface area (TPSA) is 60.0 Å². The summed E-state index contributed by atoms with van der Waals surface area (Å²) in [6, 6.07) is 4.71. The van der Waals surface area contributed by atoms with Crippen molar-refractivity contribution in [3.05, 3.63) is 23.8 Å². The quantitative estimate of drug-likeness (QED) is 0.734. The van der Waals surface area contributed by atoms with Gasteiger partial charge in [0.2, 0.25) is 5.91 Å². The first-order valence-electron chi connectivity index (χ1n) is 8.25. The van der Waals surface area contributed by atoms with Crippen molar-refractivity contribution in [1.29, 1.82) is 0 Å². The molecule has 1 aromatic rings. The molecule has 0 saturated carbocycles. The fourth-order valence-corrected chi connectivity index (χ4v) is 2.59. The van der Waals surface area contributed by atoms with Gasteiger partial charge in [-0.15, -0.1) is 12.4 Å². The van der Waals surface area contributed by atoms with Crippen LogP contribution in [0.4, 0.5) is 8.78 Å². The van der Waals surface area contributed by atoms with Crippen molar-refractivity contribution in [3.8, 4) is 11.5 Å². The first kappa shape index (κ1) is 22.4. The minimum atomic E-state index is -2.92. The summed E-state index contributed by atoms with van der Waals surface area (Å²) < 4.78 is 40.0. The lowest BCUT2D eigenvalue weighted by Crippen LogP contribution is -2.44. The molecular weight excluding hydrogens is 370 g/mol. The second kappa shape index (κ2) is 11.2. The van der Waals surface area contributed by atoms with Gasteiger partial charge in [0, 0.05) is 32.6 Å². The van der Waals surface area contributed by atoms with Crippen molar-refractivity contribution in [3.63, 3.8) is 0 Å². The Kier molecular flexibility index (Phi) is 9.61. The van der Waals surface area contributed by atoms with Crippen molar-refractivity contribution in [2.24, 2.45) is 0 Å². The summed E-state index contributed by atoms with van der Waals surface area (Å²) in [5, 5.41) is 3.24. The molecule has 0 bridgehead atoms. The number of rotatable bonds is 8. The van der Waals surface area contributed by atoms with E-state index in [2.05, 4.69) is 10.1 Å². The molecule has 1 N–H and O–H groups in total. The third-order valence-electron chi connectivity index (χ3n) is 3.79. The van der Waals surface area contributed by atoms with Gasteiger partial charge in [-0.3, -0.25) is 4.79 Å². The van der Waals surface area contributed by atoms with Gasteiger partial charge < -0.3 is 24.4 Å². The van der Waals surface area contributed by atoms with E-state index in [4.69, 9.17) is 9.47 Å². The molecule has 26 heavy (non-hydrogen) atoms. The summed E-state index contributed by atoms with van der Waals surface area (Å²) >= 11 is 0. The van der Waals surface area contributed by atoms with Gasteiger partial charge >= 0.3 is 6.61 Å². The molecule has 1 heterocycles. The van der Waals surface area contributed by atoms with Gasteiger partial charge in [0.05, 0.1) is 19.8 Å². The lowest BCUT2D eigenvalue weighted by molar-refractivity contribution is -0.131. The largest absolute Gasteiger partial charge is 0.490 e. The van der Waals surface area contributed by atoms with E-state index in [-0.39, 0.29) is 35.9 Å². The summed E-state index contributed by atoms with van der Waals surface area (Å²) in [7, 11) is 1.70. The summed E-state index contributed by atoms with van der Waals surface area (Å²) in [6.45, 7) is 1.44. The van der Waals surface area contributed by atoms with Gasteiger partial charge in [0.1, 0.15) is 0 Å². The highest BCUT2D eigenvalue weighted by molar-refractivity contribution is 5.85. The summed E-state index contributed by atoms with van der Waals surface area (Å²) in [4.78, 5) is 13.9. The van der Waals surface area contributed by atoms with E-state index in [0.29, 0.717) is 32.8 Å². The van der Waals surface area contributed by atoms with Crippen LogP contribution in [0.5, 0.6) is 11.5 Å². The number of hydrogen-bond donors (Lipinski definition) is 1. The van der Waals surface area contributed by atoms with E-state index in [9.17, 15) is 13.6 Å². The monoisotopic (exact) mass is 394 g/mol. The Hall–Kier alpha value is -1.64. The maximum Gasteiger partial charge on any atom is 0.387 e. The Morgan fingerprint density at radius 2 is 2.19 bits per heavy atom. The van der Waals surface area contributed by atoms with Crippen LogP contribution in [0, 0.1) is 0 Å². The number of carbonyl (C=O) groups is 1. The highest BCUT2D eigenvalue weighted by atomic mass is 35.5. The number of benzene rings is 1. The standard InChI is InChI=1S/C17H24F2N2O4.ClH/c1-3-24-15-8-12(4-5-14(15)25-17(18)19)10-21(2)16(22)9-13-11-23-7-6-20-13;/h4-5,8,13,17,20H,3,6-7,9-11H2,1-2H3;1H. The molecule has 9 heteroatoms. The van der Waals surface area contributed by atoms with E-state index < -0.39 is 6.61 Å². The zero-order valence-corrected chi connectivity index (χ0v) is 15.7. The number of hydrogen-bond acceptors (Lipinski definition) is 5. The number of amides is 1. The molecule has 0 aromatic heterocycles. The van der Waals surface area contributed by atoms with Crippen LogP contribution in [-0.2, 0) is 16.1 Å². The summed E-state index contributed by atoms with van der Waals surface area (Å²) in [5.74, 6) is 0.204. The third kappa shape index (κ3) is 6.93. The predicted molar refractivity (Wildman–Crippen MR) is 95.2 cm³/mol. The molecule has 1 fully saturated rings. The number of ether oxygens (including phenoxy) is 3. The molecule has 0 radical (unpaired) electrons. The lowest BCUT2D eigenvalue weighted by Gasteiger charge is -2.26. The lowest BCUT2D eigenvalue weighted by atomic mass is 10.1. The number of nitrogens with zero attached hydrogens (tertiary/aromatic N) is 1. The van der Waals surface area contributed by atoms with E-state index in [1.807, 2.05) is 0 Å². The average Bonchev–Trinajstić information content (AvgIpc) is 2.58. The molecule has 1 aliphatic rings. The maximum atomic E-state index is 12.4. The first-order chi connectivity index (χ1) is 12.0. The molecule has 1 aliphatic heterocycles. The molecule has 0 aliphatic carbocycles. The second-order valence-corrected chi connectivity index (χ2v) is 5.77. The van der Waals surface area contributed by atoms with Crippen LogP contribution in [0.3, 0.4) is 0 Å². The van der Waals surface area contributed by atoms with E-state index in [1.165, 1.54) is 6.07 Å². The number of alkyl halides is 2. The van der Waals surface area contributed by atoms with Crippen LogP contribution in [0.1, 0.15) is 18.9 Å². The Labute approximate surface area is 158 Å². The highest BCUT2D eigenvalue weighted by Crippen LogP contribution is 2.30. The zero-order chi connectivity index (χ0) is 18.2. The number of carbonyl (C=O) groups excluding carboxylic acids is 1. The third-order valence-corrected chi connectivity index (χ3v) is 3.79. The Balaban J connectivity index is 0.00000338. The van der Waals surface area contributed by atoms with E-state index in [1.54, 1.807) is 31.0 Å². The first-order valence-corrected chi connectivity index (χ1v) is 8.25. The van der Waals surface area contributed by atoms with Crippen LogP contribution < -0.4 is 14.8 Å². The molecular formula is C17H25ClF2N2O4. The summed E-state index contributed by atoms with van der Waals surface area (Å²) in [6.07, 6.45) is 0.349. The van der Waals surface area contributed by atoms with Crippen LogP contribution in [0.25, 0.3) is 0 Å². The number of nitrogens with one attached hydrogen (secondary N) is 1. The van der Waals surface area contributed by atoms with Gasteiger partial charge in [0.25, 0.3) is 0 Å². The zero-order valence-electron chi connectivity index (χ0n) is 14.9. The molecule has 1 aromatic carbocycles. The van der Waals surface area contributed by atoms with Crippen LogP contribution in [0.2, 0.25) is 0 Å². The van der Waals surface area contributed by atoms with Crippen molar-refractivity contribution in [1.82, 2.24) is 10.2 Å². The SMILES string of the molecule is CCOc1cc(CN(C)C(=O)CC2COCCN2)ccc1OC(F)F.Cl. The predicted octanol–water partition coefficient (Wildman–Crippen LogP) is 2.45. The maximum absolute atomic E-state index is 12.4. The molecule has 1 saturated heterocycles. The van der Waals surface area contributed by atoms with Gasteiger partial charge in [-0.1, -0.05) is 6.07 Å². The molecule has 1 atom stereocenters. The van der Waals surface area contributed by atoms with Gasteiger partial charge in [-0.05, 0) is 24.6 Å². The average molecular weight is 395 g/mol. The summed E-state index contributed by atoms with van der Waals surface area (Å²) in [5.41, 5.74) is 0.772. The van der Waals surface area contributed by atoms with Crippen molar-refractivity contribution in [2.45, 2.75) is 32.5 Å². The molecule has 0 spiro atoms. The van der Waals surface area contributed by atoms with Crippen molar-refractivity contribution in [2.75, 3.05) is 33.4 Å². The number of morpholine rings is 1. The van der Waals surface area contributed by atoms with Crippen molar-refractivity contribution >= 4 is 18.3 Å². The van der Waals surface area contributed by atoms with Crippen LogP contribution in [-0.4, -0.2) is 56.9 Å². The minimum Gasteiger partial charge on any atom is -0.490 e.